The van der Waals surface area contributed by atoms with E-state index < -0.39 is 0 Å². The Balaban J connectivity index is 1.65. The predicted molar refractivity (Wildman–Crippen MR) is 95.7 cm³/mol. The van der Waals surface area contributed by atoms with Gasteiger partial charge in [0.05, 0.1) is 10.9 Å². The number of nitrogens with zero attached hydrogens (tertiary/aromatic N) is 4. The van der Waals surface area contributed by atoms with Crippen LogP contribution in [0.15, 0.2) is 29.4 Å². The monoisotopic (exact) mass is 361 g/mol. The summed E-state index contributed by atoms with van der Waals surface area (Å²) in [4.78, 5) is 12.5. The average Bonchev–Trinajstić information content (AvgIpc) is 3.05. The predicted octanol–water partition coefficient (Wildman–Crippen LogP) is 2.54. The highest BCUT2D eigenvalue weighted by Gasteiger charge is 2.26. The van der Waals surface area contributed by atoms with Gasteiger partial charge in [-0.25, -0.2) is 0 Å². The molecule has 1 heterocycles. The number of amides is 1. The van der Waals surface area contributed by atoms with Crippen LogP contribution in [0.25, 0.3) is 5.69 Å². The van der Waals surface area contributed by atoms with E-state index in [1.54, 1.807) is 28.9 Å². The first kappa shape index (κ1) is 17.7. The van der Waals surface area contributed by atoms with Crippen molar-refractivity contribution in [3.63, 3.8) is 0 Å². The van der Waals surface area contributed by atoms with Crippen LogP contribution in [0.5, 0.6) is 5.75 Å². The molecule has 134 valence electrons. The van der Waals surface area contributed by atoms with E-state index >= 15 is 0 Å². The Morgan fingerprint density at radius 1 is 1.32 bits per heavy atom. The number of thioether (sulfide) groups is 1. The molecule has 0 radical (unpaired) electrons. The Morgan fingerprint density at radius 3 is 2.76 bits per heavy atom. The van der Waals surface area contributed by atoms with E-state index in [4.69, 9.17) is 0 Å². The minimum Gasteiger partial charge on any atom is -0.508 e. The summed E-state index contributed by atoms with van der Waals surface area (Å²) in [6.07, 6.45) is 4.65. The number of carbonyl (C=O) groups is 1. The van der Waals surface area contributed by atoms with E-state index in [9.17, 15) is 9.90 Å². The summed E-state index contributed by atoms with van der Waals surface area (Å²) in [6.45, 7) is 4.07. The van der Waals surface area contributed by atoms with E-state index in [-0.39, 0.29) is 22.9 Å². The van der Waals surface area contributed by atoms with Crippen LogP contribution in [0.4, 0.5) is 0 Å². The highest BCUT2D eigenvalue weighted by Crippen LogP contribution is 2.26. The summed E-state index contributed by atoms with van der Waals surface area (Å²) in [7, 11) is 0. The van der Waals surface area contributed by atoms with Gasteiger partial charge in [0.25, 0.3) is 0 Å². The first-order valence-electron chi connectivity index (χ1n) is 8.59. The Labute approximate surface area is 151 Å². The van der Waals surface area contributed by atoms with Crippen molar-refractivity contribution in [2.45, 2.75) is 56.0 Å². The molecule has 25 heavy (non-hydrogen) atoms. The zero-order valence-electron chi connectivity index (χ0n) is 14.4. The Bertz CT molecular complexity index is 718. The van der Waals surface area contributed by atoms with Crippen molar-refractivity contribution in [2.24, 2.45) is 5.92 Å². The number of aromatic hydroxyl groups is 1. The van der Waals surface area contributed by atoms with E-state index in [2.05, 4.69) is 27.8 Å². The Kier molecular flexibility index (Phi) is 5.57. The van der Waals surface area contributed by atoms with Crippen molar-refractivity contribution in [3.8, 4) is 11.4 Å². The van der Waals surface area contributed by atoms with Crippen LogP contribution in [-0.4, -0.2) is 42.5 Å². The van der Waals surface area contributed by atoms with Gasteiger partial charge < -0.3 is 10.4 Å². The summed E-state index contributed by atoms with van der Waals surface area (Å²) >= 11 is 1.33. The summed E-state index contributed by atoms with van der Waals surface area (Å²) in [5.41, 5.74) is 0.735. The van der Waals surface area contributed by atoms with Gasteiger partial charge in [-0.2, -0.15) is 4.68 Å². The van der Waals surface area contributed by atoms with Crippen molar-refractivity contribution in [3.05, 3.63) is 24.3 Å². The lowest BCUT2D eigenvalue weighted by Crippen LogP contribution is -2.44. The van der Waals surface area contributed by atoms with Crippen LogP contribution in [0.2, 0.25) is 0 Å². The summed E-state index contributed by atoms with van der Waals surface area (Å²) < 4.78 is 1.57. The quantitative estimate of drug-likeness (QED) is 0.795. The lowest BCUT2D eigenvalue weighted by atomic mass is 9.86. The summed E-state index contributed by atoms with van der Waals surface area (Å²) in [5, 5.41) is 24.5. The van der Waals surface area contributed by atoms with Crippen LogP contribution in [0.1, 0.15) is 39.5 Å². The number of aromatic nitrogens is 4. The Morgan fingerprint density at radius 2 is 2.04 bits per heavy atom. The van der Waals surface area contributed by atoms with Crippen molar-refractivity contribution in [1.82, 2.24) is 25.5 Å². The molecule has 1 aliphatic rings. The molecule has 0 aliphatic heterocycles. The topological polar surface area (TPSA) is 92.9 Å². The van der Waals surface area contributed by atoms with Gasteiger partial charge in [0.15, 0.2) is 0 Å². The van der Waals surface area contributed by atoms with Crippen LogP contribution in [0, 0.1) is 5.92 Å². The van der Waals surface area contributed by atoms with Crippen LogP contribution in [-0.2, 0) is 4.79 Å². The zero-order chi connectivity index (χ0) is 17.8. The number of hydrogen-bond donors (Lipinski definition) is 2. The SMILES string of the molecule is C[C@H](Sc1nnnn1-c1ccc(O)cc1)C(=O)N[C@@H]1CCCC[C@H]1C. The van der Waals surface area contributed by atoms with Crippen molar-refractivity contribution in [2.75, 3.05) is 0 Å². The molecule has 8 heteroatoms. The highest BCUT2D eigenvalue weighted by atomic mass is 32.2. The molecule has 0 saturated heterocycles. The van der Waals surface area contributed by atoms with Gasteiger partial charge in [-0.3, -0.25) is 4.79 Å². The number of benzene rings is 1. The number of nitrogens with one attached hydrogen (secondary N) is 1. The molecule has 0 spiro atoms. The summed E-state index contributed by atoms with van der Waals surface area (Å²) in [5.74, 6) is 0.724. The molecular formula is C17H23N5O2S. The molecule has 0 unspecified atom stereocenters. The fraction of sp³-hybridized carbons (Fsp3) is 0.529. The second-order valence-corrected chi connectivity index (χ2v) is 7.83. The number of tetrazole rings is 1. The van der Waals surface area contributed by atoms with Crippen molar-refractivity contribution in [1.29, 1.82) is 0 Å². The van der Waals surface area contributed by atoms with Gasteiger partial charge in [-0.15, -0.1) is 5.10 Å². The fourth-order valence-corrected chi connectivity index (χ4v) is 3.87. The Hall–Kier alpha value is -2.09. The molecule has 1 aliphatic carbocycles. The zero-order valence-corrected chi connectivity index (χ0v) is 15.2. The second kappa shape index (κ2) is 7.86. The first-order valence-corrected chi connectivity index (χ1v) is 9.47. The van der Waals surface area contributed by atoms with Gasteiger partial charge in [0.1, 0.15) is 5.75 Å². The maximum atomic E-state index is 12.5. The van der Waals surface area contributed by atoms with E-state index in [0.29, 0.717) is 11.1 Å². The molecule has 2 N–H and O–H groups in total. The minimum absolute atomic E-state index is 0.0176. The molecule has 3 atom stereocenters. The normalized spacial score (nSPS) is 21.7. The first-order chi connectivity index (χ1) is 12.0. The third-order valence-electron chi connectivity index (χ3n) is 4.63. The standard InChI is InChI=1S/C17H23N5O2S/c1-11-5-3-4-6-15(11)18-16(24)12(2)25-17-19-20-21-22(17)13-7-9-14(23)10-8-13/h7-12,15,23H,3-6H2,1-2H3,(H,18,24)/t11-,12+,15-/m1/s1. The number of phenols is 1. The molecule has 1 fully saturated rings. The minimum atomic E-state index is -0.295. The molecule has 1 aromatic heterocycles. The van der Waals surface area contributed by atoms with Gasteiger partial charge >= 0.3 is 0 Å². The number of phenolic OH excluding ortho intramolecular Hbond substituents is 1. The lowest BCUT2D eigenvalue weighted by Gasteiger charge is -2.30. The number of rotatable bonds is 5. The van der Waals surface area contributed by atoms with Crippen molar-refractivity contribution < 1.29 is 9.90 Å². The average molecular weight is 361 g/mol. The molecule has 1 saturated carbocycles. The van der Waals surface area contributed by atoms with Crippen LogP contribution >= 0.6 is 11.8 Å². The van der Waals surface area contributed by atoms with E-state index in [1.807, 2.05) is 6.92 Å². The van der Waals surface area contributed by atoms with E-state index in [1.165, 1.54) is 31.0 Å². The molecule has 7 nitrogen and oxygen atoms in total. The summed E-state index contributed by atoms with van der Waals surface area (Å²) in [6, 6.07) is 6.87. The van der Waals surface area contributed by atoms with Gasteiger partial charge in [0, 0.05) is 6.04 Å². The highest BCUT2D eigenvalue weighted by molar-refractivity contribution is 8.00. The molecule has 1 aromatic carbocycles. The number of carbonyl (C=O) groups excluding carboxylic acids is 1. The number of hydrogen-bond acceptors (Lipinski definition) is 6. The van der Waals surface area contributed by atoms with Gasteiger partial charge in [0.2, 0.25) is 11.1 Å². The van der Waals surface area contributed by atoms with Crippen LogP contribution < -0.4 is 5.32 Å². The largest absolute Gasteiger partial charge is 0.508 e. The maximum absolute atomic E-state index is 12.5. The molecule has 2 aromatic rings. The van der Waals surface area contributed by atoms with Crippen LogP contribution in [0.3, 0.4) is 0 Å². The molecule has 0 bridgehead atoms. The molecule has 3 rings (SSSR count). The third-order valence-corrected chi connectivity index (χ3v) is 5.66. The molecule has 1 amide bonds. The van der Waals surface area contributed by atoms with Crippen molar-refractivity contribution >= 4 is 17.7 Å². The fourth-order valence-electron chi connectivity index (χ4n) is 3.05. The molecular weight excluding hydrogens is 338 g/mol. The smallest absolute Gasteiger partial charge is 0.233 e. The third kappa shape index (κ3) is 4.31. The second-order valence-electron chi connectivity index (χ2n) is 6.53. The van der Waals surface area contributed by atoms with Gasteiger partial charge in [-0.1, -0.05) is 31.5 Å². The lowest BCUT2D eigenvalue weighted by molar-refractivity contribution is -0.121. The maximum Gasteiger partial charge on any atom is 0.233 e. The van der Waals surface area contributed by atoms with Gasteiger partial charge in [-0.05, 0) is 60.4 Å². The van der Waals surface area contributed by atoms with E-state index in [0.717, 1.165) is 12.1 Å².